The van der Waals surface area contributed by atoms with E-state index in [9.17, 15) is 17.6 Å². The smallest absolute Gasteiger partial charge is 0.244 e. The number of benzene rings is 2. The van der Waals surface area contributed by atoms with Crippen molar-refractivity contribution in [2.45, 2.75) is 24.7 Å². The van der Waals surface area contributed by atoms with Gasteiger partial charge in [-0.2, -0.15) is 9.29 Å². The number of aryl methyl sites for hydroxylation is 1. The van der Waals surface area contributed by atoms with Crippen molar-refractivity contribution in [3.63, 3.8) is 0 Å². The molecule has 0 unspecified atom stereocenters. The molecule has 168 valence electrons. The number of nitrogens with zero attached hydrogens (tertiary/aromatic N) is 3. The Kier molecular flexibility index (Phi) is 6.27. The van der Waals surface area contributed by atoms with Gasteiger partial charge >= 0.3 is 0 Å². The van der Waals surface area contributed by atoms with Crippen LogP contribution >= 0.6 is 11.6 Å². The highest BCUT2D eigenvalue weighted by atomic mass is 35.5. The topological polar surface area (TPSA) is 105 Å². The summed E-state index contributed by atoms with van der Waals surface area (Å²) in [6.07, 6.45) is 1.05. The Morgan fingerprint density at radius 3 is 2.69 bits per heavy atom. The fourth-order valence-electron chi connectivity index (χ4n) is 3.55. The van der Waals surface area contributed by atoms with Gasteiger partial charge in [-0.05, 0) is 55.3 Å². The fraction of sp³-hybridized carbons (Fsp3) is 0.286. The lowest BCUT2D eigenvalue weighted by molar-refractivity contribution is -0.120. The van der Waals surface area contributed by atoms with Gasteiger partial charge in [0.25, 0.3) is 0 Å². The summed E-state index contributed by atoms with van der Waals surface area (Å²) in [5.41, 5.74) is 0.898. The molecule has 1 aliphatic rings. The van der Waals surface area contributed by atoms with Crippen molar-refractivity contribution in [3.8, 4) is 11.4 Å². The van der Waals surface area contributed by atoms with Crippen LogP contribution in [0.25, 0.3) is 11.4 Å². The van der Waals surface area contributed by atoms with Gasteiger partial charge in [0, 0.05) is 31.3 Å². The maximum atomic E-state index is 13.4. The molecule has 2 heterocycles. The fourth-order valence-corrected chi connectivity index (χ4v) is 5.57. The van der Waals surface area contributed by atoms with Crippen LogP contribution in [0.2, 0.25) is 5.02 Å². The Hall–Kier alpha value is -2.82. The molecule has 0 saturated carbocycles. The summed E-state index contributed by atoms with van der Waals surface area (Å²) in [7, 11) is -3.98. The summed E-state index contributed by atoms with van der Waals surface area (Å²) in [5.74, 6) is -0.673. The van der Waals surface area contributed by atoms with Gasteiger partial charge in [-0.25, -0.2) is 12.8 Å². The Morgan fingerprint density at radius 2 is 2.00 bits per heavy atom. The SMILES string of the molecule is Cc1nc(-c2ccc(Cl)c(S(=O)(=O)N3CCC[C@@H](C(=O)Nc4ccc(F)cc4)C3)c2)no1. The van der Waals surface area contributed by atoms with Gasteiger partial charge < -0.3 is 9.84 Å². The van der Waals surface area contributed by atoms with Crippen LogP contribution < -0.4 is 5.32 Å². The van der Waals surface area contributed by atoms with Crippen LogP contribution in [-0.2, 0) is 14.8 Å². The van der Waals surface area contributed by atoms with Gasteiger partial charge in [-0.1, -0.05) is 16.8 Å². The highest BCUT2D eigenvalue weighted by Gasteiger charge is 2.34. The van der Waals surface area contributed by atoms with E-state index in [2.05, 4.69) is 15.5 Å². The van der Waals surface area contributed by atoms with Crippen molar-refractivity contribution < 1.29 is 22.1 Å². The van der Waals surface area contributed by atoms with Crippen LogP contribution in [0.5, 0.6) is 0 Å². The van der Waals surface area contributed by atoms with E-state index in [4.69, 9.17) is 16.1 Å². The number of hydrogen-bond acceptors (Lipinski definition) is 6. The lowest BCUT2D eigenvalue weighted by Crippen LogP contribution is -2.43. The third kappa shape index (κ3) is 4.67. The predicted molar refractivity (Wildman–Crippen MR) is 116 cm³/mol. The molecule has 1 aromatic heterocycles. The number of sulfonamides is 1. The Balaban J connectivity index is 1.55. The van der Waals surface area contributed by atoms with Gasteiger partial charge in [0.2, 0.25) is 27.6 Å². The van der Waals surface area contributed by atoms with Crippen molar-refractivity contribution in [3.05, 3.63) is 59.2 Å². The van der Waals surface area contributed by atoms with Gasteiger partial charge in [0.1, 0.15) is 10.7 Å². The minimum absolute atomic E-state index is 0.0111. The zero-order chi connectivity index (χ0) is 22.9. The number of amides is 1. The molecule has 0 bridgehead atoms. The molecular weight excluding hydrogens is 459 g/mol. The maximum Gasteiger partial charge on any atom is 0.244 e. The number of carbonyl (C=O) groups excluding carboxylic acids is 1. The van der Waals surface area contributed by atoms with E-state index in [1.54, 1.807) is 13.0 Å². The molecule has 1 fully saturated rings. The first-order valence-corrected chi connectivity index (χ1v) is 11.7. The van der Waals surface area contributed by atoms with E-state index in [1.807, 2.05) is 0 Å². The number of rotatable bonds is 5. The van der Waals surface area contributed by atoms with E-state index in [0.717, 1.165) is 0 Å². The largest absolute Gasteiger partial charge is 0.339 e. The van der Waals surface area contributed by atoms with E-state index < -0.39 is 21.8 Å². The number of anilines is 1. The first-order chi connectivity index (χ1) is 15.2. The van der Waals surface area contributed by atoms with Crippen LogP contribution in [0.15, 0.2) is 51.9 Å². The Bertz CT molecular complexity index is 1250. The maximum absolute atomic E-state index is 13.4. The minimum atomic E-state index is -3.98. The molecule has 1 amide bonds. The molecule has 2 aromatic carbocycles. The average Bonchev–Trinajstić information content (AvgIpc) is 3.22. The third-order valence-corrected chi connectivity index (χ3v) is 7.55. The second-order valence-electron chi connectivity index (χ2n) is 7.48. The Labute approximate surface area is 189 Å². The zero-order valence-corrected chi connectivity index (χ0v) is 18.7. The van der Waals surface area contributed by atoms with Crippen molar-refractivity contribution >= 4 is 33.2 Å². The highest BCUT2D eigenvalue weighted by Crippen LogP contribution is 2.31. The lowest BCUT2D eigenvalue weighted by Gasteiger charge is -2.31. The number of carbonyl (C=O) groups is 1. The van der Waals surface area contributed by atoms with Crippen molar-refractivity contribution in [2.75, 3.05) is 18.4 Å². The molecule has 1 saturated heterocycles. The third-order valence-electron chi connectivity index (χ3n) is 5.20. The molecular formula is C21H20ClFN4O4S. The summed E-state index contributed by atoms with van der Waals surface area (Å²) in [5, 5.41) is 6.59. The monoisotopic (exact) mass is 478 g/mol. The van der Waals surface area contributed by atoms with Crippen LogP contribution in [0.1, 0.15) is 18.7 Å². The van der Waals surface area contributed by atoms with E-state index in [1.165, 1.54) is 40.7 Å². The molecule has 0 spiro atoms. The second kappa shape index (κ2) is 8.97. The van der Waals surface area contributed by atoms with E-state index in [-0.39, 0.29) is 34.7 Å². The molecule has 0 aliphatic carbocycles. The molecule has 0 radical (unpaired) electrons. The van der Waals surface area contributed by atoms with Crippen LogP contribution in [-0.4, -0.2) is 41.9 Å². The number of aromatic nitrogens is 2. The van der Waals surface area contributed by atoms with Gasteiger partial charge in [-0.3, -0.25) is 4.79 Å². The quantitative estimate of drug-likeness (QED) is 0.596. The number of piperidine rings is 1. The minimum Gasteiger partial charge on any atom is -0.339 e. The van der Waals surface area contributed by atoms with Crippen molar-refractivity contribution in [2.24, 2.45) is 5.92 Å². The molecule has 1 N–H and O–H groups in total. The van der Waals surface area contributed by atoms with Crippen LogP contribution in [0.3, 0.4) is 0 Å². The summed E-state index contributed by atoms with van der Waals surface area (Å²) >= 11 is 6.23. The number of hydrogen-bond donors (Lipinski definition) is 1. The van der Waals surface area contributed by atoms with Crippen LogP contribution in [0, 0.1) is 18.7 Å². The predicted octanol–water partition coefficient (Wildman–Crippen LogP) is 3.88. The summed E-state index contributed by atoms with van der Waals surface area (Å²) < 4.78 is 46.0. The Morgan fingerprint density at radius 1 is 1.25 bits per heavy atom. The summed E-state index contributed by atoms with van der Waals surface area (Å²) in [6.45, 7) is 1.91. The molecule has 3 aromatic rings. The van der Waals surface area contributed by atoms with Gasteiger partial charge in [0.15, 0.2) is 0 Å². The van der Waals surface area contributed by atoms with E-state index in [0.29, 0.717) is 30.0 Å². The van der Waals surface area contributed by atoms with Crippen LogP contribution in [0.4, 0.5) is 10.1 Å². The average molecular weight is 479 g/mol. The molecule has 1 atom stereocenters. The first kappa shape index (κ1) is 22.4. The van der Waals surface area contributed by atoms with Gasteiger partial charge in [0.05, 0.1) is 10.9 Å². The molecule has 32 heavy (non-hydrogen) atoms. The number of nitrogens with one attached hydrogen (secondary N) is 1. The molecule has 4 rings (SSSR count). The van der Waals surface area contributed by atoms with Gasteiger partial charge in [-0.15, -0.1) is 0 Å². The second-order valence-corrected chi connectivity index (χ2v) is 9.79. The van der Waals surface area contributed by atoms with Crippen molar-refractivity contribution in [1.29, 1.82) is 0 Å². The number of halogens is 2. The standard InChI is InChI=1S/C21H20ClFN4O4S/c1-13-24-20(26-31-13)14-4-9-18(22)19(11-14)32(29,30)27-10-2-3-15(12-27)21(28)25-17-7-5-16(23)6-8-17/h4-9,11,15H,2-3,10,12H2,1H3,(H,25,28)/t15-/m1/s1. The summed E-state index contributed by atoms with van der Waals surface area (Å²) in [4.78, 5) is 16.7. The first-order valence-electron chi connectivity index (χ1n) is 9.91. The molecule has 8 nitrogen and oxygen atoms in total. The summed E-state index contributed by atoms with van der Waals surface area (Å²) in [6, 6.07) is 9.88. The molecule has 11 heteroatoms. The zero-order valence-electron chi connectivity index (χ0n) is 17.1. The van der Waals surface area contributed by atoms with Crippen molar-refractivity contribution in [1.82, 2.24) is 14.4 Å². The lowest BCUT2D eigenvalue weighted by atomic mass is 9.99. The normalized spacial score (nSPS) is 17.3. The molecule has 1 aliphatic heterocycles. The highest BCUT2D eigenvalue weighted by molar-refractivity contribution is 7.89. The van der Waals surface area contributed by atoms with E-state index >= 15 is 0 Å².